The summed E-state index contributed by atoms with van der Waals surface area (Å²) in [6.45, 7) is 5.58. The van der Waals surface area contributed by atoms with E-state index in [2.05, 4.69) is 10.3 Å². The minimum absolute atomic E-state index is 0.0459. The number of oxazole rings is 1. The SMILES string of the molecule is CCOc1ccc(NC(=O)[C@@H](C)OC(=O)c2nc(-c3ccccc3)oc2C)cc1. The van der Waals surface area contributed by atoms with Crippen LogP contribution in [0, 0.1) is 6.92 Å². The zero-order valence-electron chi connectivity index (χ0n) is 16.5. The highest BCUT2D eigenvalue weighted by Gasteiger charge is 2.24. The van der Waals surface area contributed by atoms with Crippen LogP contribution in [-0.2, 0) is 9.53 Å². The summed E-state index contributed by atoms with van der Waals surface area (Å²) >= 11 is 0. The number of nitrogens with one attached hydrogen (secondary N) is 1. The van der Waals surface area contributed by atoms with Crippen LogP contribution in [0.2, 0.25) is 0 Å². The Morgan fingerprint density at radius 1 is 1.10 bits per heavy atom. The van der Waals surface area contributed by atoms with Gasteiger partial charge in [0.15, 0.2) is 11.8 Å². The molecule has 2 aromatic carbocycles. The maximum absolute atomic E-state index is 12.5. The van der Waals surface area contributed by atoms with Gasteiger partial charge in [0.25, 0.3) is 5.91 Å². The van der Waals surface area contributed by atoms with E-state index in [-0.39, 0.29) is 5.69 Å². The maximum Gasteiger partial charge on any atom is 0.361 e. The highest BCUT2D eigenvalue weighted by Crippen LogP contribution is 2.22. The van der Waals surface area contributed by atoms with Crippen LogP contribution in [0.5, 0.6) is 5.75 Å². The number of rotatable bonds is 7. The van der Waals surface area contributed by atoms with Crippen LogP contribution in [-0.4, -0.2) is 29.6 Å². The molecule has 0 saturated heterocycles. The molecule has 0 unspecified atom stereocenters. The lowest BCUT2D eigenvalue weighted by Crippen LogP contribution is -2.30. The summed E-state index contributed by atoms with van der Waals surface area (Å²) in [5, 5.41) is 2.70. The summed E-state index contributed by atoms with van der Waals surface area (Å²) in [7, 11) is 0. The molecule has 3 rings (SSSR count). The van der Waals surface area contributed by atoms with Crippen molar-refractivity contribution in [2.24, 2.45) is 0 Å². The minimum atomic E-state index is -1.01. The van der Waals surface area contributed by atoms with Crippen molar-refractivity contribution in [1.82, 2.24) is 4.98 Å². The molecule has 7 heteroatoms. The number of carbonyl (C=O) groups is 2. The molecule has 0 saturated carbocycles. The lowest BCUT2D eigenvalue weighted by Gasteiger charge is -2.13. The van der Waals surface area contributed by atoms with Gasteiger partial charge in [-0.25, -0.2) is 9.78 Å². The second-order valence-corrected chi connectivity index (χ2v) is 6.28. The predicted octanol–water partition coefficient (Wildman–Crippen LogP) is 4.23. The number of anilines is 1. The Labute approximate surface area is 168 Å². The third-order valence-corrected chi connectivity index (χ3v) is 4.10. The van der Waals surface area contributed by atoms with Crippen LogP contribution in [0.4, 0.5) is 5.69 Å². The molecule has 1 atom stereocenters. The van der Waals surface area contributed by atoms with E-state index in [0.29, 0.717) is 29.7 Å². The molecule has 1 amide bonds. The molecule has 0 bridgehead atoms. The molecule has 150 valence electrons. The summed E-state index contributed by atoms with van der Waals surface area (Å²) < 4.78 is 16.2. The molecular formula is C22H22N2O5. The largest absolute Gasteiger partial charge is 0.494 e. The fourth-order valence-electron chi connectivity index (χ4n) is 2.60. The van der Waals surface area contributed by atoms with E-state index < -0.39 is 18.0 Å². The zero-order valence-corrected chi connectivity index (χ0v) is 16.5. The highest BCUT2D eigenvalue weighted by molar-refractivity contribution is 5.97. The molecular weight excluding hydrogens is 372 g/mol. The van der Waals surface area contributed by atoms with Gasteiger partial charge in [-0.15, -0.1) is 0 Å². The van der Waals surface area contributed by atoms with Crippen molar-refractivity contribution < 1.29 is 23.5 Å². The lowest BCUT2D eigenvalue weighted by molar-refractivity contribution is -0.123. The standard InChI is InChI=1S/C22H22N2O5/c1-4-27-18-12-10-17(11-13-18)23-20(25)15(3)29-22(26)19-14(2)28-21(24-19)16-8-6-5-7-9-16/h5-13,15H,4H2,1-3H3,(H,23,25)/t15-/m1/s1. The molecule has 0 aliphatic heterocycles. The van der Waals surface area contributed by atoms with Gasteiger partial charge >= 0.3 is 5.97 Å². The fraction of sp³-hybridized carbons (Fsp3) is 0.227. The number of esters is 1. The Morgan fingerprint density at radius 3 is 2.45 bits per heavy atom. The molecule has 1 aromatic heterocycles. The Morgan fingerprint density at radius 2 is 1.79 bits per heavy atom. The van der Waals surface area contributed by atoms with Gasteiger partial charge in [-0.05, 0) is 57.2 Å². The van der Waals surface area contributed by atoms with E-state index >= 15 is 0 Å². The molecule has 0 fully saturated rings. The Hall–Kier alpha value is -3.61. The van der Waals surface area contributed by atoms with E-state index in [1.165, 1.54) is 6.92 Å². The average Bonchev–Trinajstić information content (AvgIpc) is 3.12. The van der Waals surface area contributed by atoms with Crippen molar-refractivity contribution >= 4 is 17.6 Å². The van der Waals surface area contributed by atoms with Crippen LogP contribution in [0.3, 0.4) is 0 Å². The molecule has 0 spiro atoms. The molecule has 7 nitrogen and oxygen atoms in total. The molecule has 0 radical (unpaired) electrons. The number of hydrogen-bond donors (Lipinski definition) is 1. The first-order valence-electron chi connectivity index (χ1n) is 9.25. The van der Waals surface area contributed by atoms with Gasteiger partial charge in [0, 0.05) is 11.3 Å². The smallest absolute Gasteiger partial charge is 0.361 e. The summed E-state index contributed by atoms with van der Waals surface area (Å²) in [6, 6.07) is 16.1. The molecule has 3 aromatic rings. The maximum atomic E-state index is 12.5. The third-order valence-electron chi connectivity index (χ3n) is 4.10. The van der Waals surface area contributed by atoms with Gasteiger partial charge in [0.1, 0.15) is 11.5 Å². The van der Waals surface area contributed by atoms with Crippen molar-refractivity contribution in [1.29, 1.82) is 0 Å². The predicted molar refractivity (Wildman–Crippen MR) is 108 cm³/mol. The summed E-state index contributed by atoms with van der Waals surface area (Å²) in [5.74, 6) is 0.185. The molecule has 0 aliphatic rings. The first kappa shape index (κ1) is 20.1. The van der Waals surface area contributed by atoms with Gasteiger partial charge in [-0.3, -0.25) is 4.79 Å². The van der Waals surface area contributed by atoms with Crippen LogP contribution >= 0.6 is 0 Å². The second kappa shape index (κ2) is 9.05. The monoisotopic (exact) mass is 394 g/mol. The first-order valence-corrected chi connectivity index (χ1v) is 9.25. The quantitative estimate of drug-likeness (QED) is 0.603. The third kappa shape index (κ3) is 5.01. The zero-order chi connectivity index (χ0) is 20.8. The molecule has 1 N–H and O–H groups in total. The van der Waals surface area contributed by atoms with E-state index in [1.54, 1.807) is 31.2 Å². The van der Waals surface area contributed by atoms with E-state index in [1.807, 2.05) is 37.3 Å². The van der Waals surface area contributed by atoms with E-state index in [0.717, 1.165) is 5.56 Å². The van der Waals surface area contributed by atoms with Crippen molar-refractivity contribution in [3.8, 4) is 17.2 Å². The minimum Gasteiger partial charge on any atom is -0.494 e. The van der Waals surface area contributed by atoms with Crippen molar-refractivity contribution in [3.05, 3.63) is 66.1 Å². The lowest BCUT2D eigenvalue weighted by atomic mass is 10.2. The van der Waals surface area contributed by atoms with E-state index in [9.17, 15) is 9.59 Å². The molecule has 1 heterocycles. The first-order chi connectivity index (χ1) is 14.0. The van der Waals surface area contributed by atoms with Crippen molar-refractivity contribution in [3.63, 3.8) is 0 Å². The Kier molecular flexibility index (Phi) is 6.29. The van der Waals surface area contributed by atoms with Crippen LogP contribution in [0.15, 0.2) is 59.0 Å². The fourth-order valence-corrected chi connectivity index (χ4v) is 2.60. The Balaban J connectivity index is 1.62. The van der Waals surface area contributed by atoms with Gasteiger partial charge < -0.3 is 19.2 Å². The topological polar surface area (TPSA) is 90.7 Å². The Bertz CT molecular complexity index is 980. The van der Waals surface area contributed by atoms with E-state index in [4.69, 9.17) is 13.9 Å². The number of ether oxygens (including phenoxy) is 2. The van der Waals surface area contributed by atoms with Gasteiger partial charge in [-0.1, -0.05) is 18.2 Å². The number of benzene rings is 2. The van der Waals surface area contributed by atoms with Gasteiger partial charge in [0.05, 0.1) is 6.61 Å². The summed E-state index contributed by atoms with van der Waals surface area (Å²) in [6.07, 6.45) is -1.01. The second-order valence-electron chi connectivity index (χ2n) is 6.28. The normalized spacial score (nSPS) is 11.6. The number of nitrogens with zero attached hydrogens (tertiary/aromatic N) is 1. The number of aryl methyl sites for hydroxylation is 1. The summed E-state index contributed by atoms with van der Waals surface area (Å²) in [4.78, 5) is 29.0. The van der Waals surface area contributed by atoms with Crippen LogP contribution in [0.1, 0.15) is 30.1 Å². The molecule has 0 aliphatic carbocycles. The van der Waals surface area contributed by atoms with Gasteiger partial charge in [-0.2, -0.15) is 0 Å². The van der Waals surface area contributed by atoms with Crippen molar-refractivity contribution in [2.75, 3.05) is 11.9 Å². The molecule has 29 heavy (non-hydrogen) atoms. The highest BCUT2D eigenvalue weighted by atomic mass is 16.5. The number of amides is 1. The number of hydrogen-bond acceptors (Lipinski definition) is 6. The van der Waals surface area contributed by atoms with Crippen LogP contribution in [0.25, 0.3) is 11.5 Å². The van der Waals surface area contributed by atoms with Crippen molar-refractivity contribution in [2.45, 2.75) is 26.9 Å². The number of aromatic nitrogens is 1. The van der Waals surface area contributed by atoms with Gasteiger partial charge in [0.2, 0.25) is 5.89 Å². The summed E-state index contributed by atoms with van der Waals surface area (Å²) in [5.41, 5.74) is 1.37. The van der Waals surface area contributed by atoms with Crippen LogP contribution < -0.4 is 10.1 Å². The average molecular weight is 394 g/mol. The number of carbonyl (C=O) groups excluding carboxylic acids is 2.